The Hall–Kier alpha value is -4.04. The number of benzene rings is 8. The molecule has 2 unspecified atom stereocenters. The van der Waals surface area contributed by atoms with Gasteiger partial charge in [-0.3, -0.25) is 0 Å². The summed E-state index contributed by atoms with van der Waals surface area (Å²) < 4.78 is 1.21. The van der Waals surface area contributed by atoms with Gasteiger partial charge in [0.2, 0.25) is 0 Å². The smallest absolute Gasteiger partial charge is 1.00 e. The third-order valence-corrected chi connectivity index (χ3v) is 21.7. The molecule has 260 valence electrons. The molecule has 8 aromatic rings. The van der Waals surface area contributed by atoms with Crippen molar-refractivity contribution in [1.29, 1.82) is 0 Å². The Bertz CT molecular complexity index is 2750. The summed E-state index contributed by atoms with van der Waals surface area (Å²) in [5, 5.41) is 13.9. The quantitative estimate of drug-likeness (QED) is 0.123. The second kappa shape index (κ2) is 13.0. The summed E-state index contributed by atoms with van der Waals surface area (Å²) in [6, 6.07) is 55.9. The van der Waals surface area contributed by atoms with Crippen LogP contribution in [0.1, 0.15) is 43.4 Å². The number of hydrogen-bond acceptors (Lipinski definition) is 0. The first-order chi connectivity index (χ1) is 25.3. The van der Waals surface area contributed by atoms with Gasteiger partial charge in [0.25, 0.3) is 0 Å². The van der Waals surface area contributed by atoms with Crippen molar-refractivity contribution in [2.75, 3.05) is 0 Å². The second-order valence-electron chi connectivity index (χ2n) is 15.8. The van der Waals surface area contributed by atoms with E-state index in [1.54, 1.807) is 43.8 Å². The molecule has 3 aliphatic rings. The van der Waals surface area contributed by atoms with Crippen LogP contribution in [0, 0.1) is 0 Å². The summed E-state index contributed by atoms with van der Waals surface area (Å²) in [5.41, 5.74) is 15.3. The van der Waals surface area contributed by atoms with Crippen molar-refractivity contribution in [3.8, 4) is 22.3 Å². The van der Waals surface area contributed by atoms with Crippen LogP contribution in [0.3, 0.4) is 0 Å². The van der Waals surface area contributed by atoms with Gasteiger partial charge in [0.05, 0.1) is 0 Å². The largest absolute Gasteiger partial charge is 1.00 e. The molecule has 0 aromatic heterocycles. The van der Waals surface area contributed by atoms with Crippen molar-refractivity contribution in [2.45, 2.75) is 34.2 Å². The minimum absolute atomic E-state index is 0. The van der Waals surface area contributed by atoms with Gasteiger partial charge in [0.15, 0.2) is 0 Å². The molecule has 0 N–H and O–H groups in total. The molecule has 8 aromatic carbocycles. The Morgan fingerprint density at radius 2 is 0.778 bits per heavy atom. The molecule has 1 heterocycles. The maximum absolute atomic E-state index is 2.67. The Balaban J connectivity index is 0.00000192. The predicted molar refractivity (Wildman–Crippen MR) is 222 cm³/mol. The van der Waals surface area contributed by atoms with Crippen LogP contribution < -0.4 is 24.8 Å². The summed E-state index contributed by atoms with van der Waals surface area (Å²) in [7, 11) is -2.20. The van der Waals surface area contributed by atoms with Crippen LogP contribution in [0.4, 0.5) is 0 Å². The third kappa shape index (κ3) is 5.10. The van der Waals surface area contributed by atoms with Crippen LogP contribution in [-0.4, -0.2) is 8.07 Å². The number of halogens is 2. The molecule has 54 heavy (non-hydrogen) atoms. The van der Waals surface area contributed by atoms with Gasteiger partial charge < -0.3 is 24.8 Å². The number of allylic oxidation sites excluding steroid dienone is 2. The number of rotatable bonds is 2. The van der Waals surface area contributed by atoms with E-state index in [2.05, 4.69) is 173 Å². The van der Waals surface area contributed by atoms with Gasteiger partial charge in [0.1, 0.15) is 0 Å². The van der Waals surface area contributed by atoms with Gasteiger partial charge in [-0.1, -0.05) is 0 Å². The first kappa shape index (κ1) is 35.6. The second-order valence-corrected chi connectivity index (χ2v) is 23.7. The molecular weight excluding hydrogens is 791 g/mol. The summed E-state index contributed by atoms with van der Waals surface area (Å²) in [5.74, 6) is 0. The minimum atomic E-state index is -2.20. The van der Waals surface area contributed by atoms with Crippen LogP contribution in [0.2, 0.25) is 13.1 Å². The van der Waals surface area contributed by atoms with Crippen molar-refractivity contribution < 1.29 is 48.0 Å². The molecule has 1 aliphatic heterocycles. The first-order valence-corrected chi connectivity index (χ1v) is 24.5. The summed E-state index contributed by atoms with van der Waals surface area (Å²) in [6.45, 7) is 10.4. The fourth-order valence-electron chi connectivity index (χ4n) is 10.4. The molecule has 4 heteroatoms. The molecule has 11 rings (SSSR count). The average molecular weight is 829 g/mol. The summed E-state index contributed by atoms with van der Waals surface area (Å²) in [6.07, 6.45) is 0. The summed E-state index contributed by atoms with van der Waals surface area (Å²) >= 11 is -0.985. The minimum Gasteiger partial charge on any atom is -1.00 e. The Kier molecular flexibility index (Phi) is 8.60. The third-order valence-electron chi connectivity index (χ3n) is 12.6. The van der Waals surface area contributed by atoms with Crippen LogP contribution in [0.5, 0.6) is 0 Å². The van der Waals surface area contributed by atoms with E-state index in [0.717, 1.165) is 0 Å². The van der Waals surface area contributed by atoms with Crippen LogP contribution >= 0.6 is 0 Å². The van der Waals surface area contributed by atoms with E-state index >= 15 is 0 Å². The van der Waals surface area contributed by atoms with Gasteiger partial charge >= 0.3 is 320 Å². The molecule has 0 nitrogen and oxygen atoms in total. The van der Waals surface area contributed by atoms with Crippen molar-refractivity contribution in [1.82, 2.24) is 0 Å². The summed E-state index contributed by atoms with van der Waals surface area (Å²) in [4.78, 5) is 0. The van der Waals surface area contributed by atoms with Crippen LogP contribution in [0.15, 0.2) is 157 Å². The molecule has 0 amide bonds. The Morgan fingerprint density at radius 1 is 0.407 bits per heavy atom. The van der Waals surface area contributed by atoms with Crippen molar-refractivity contribution in [3.05, 3.63) is 179 Å². The topological polar surface area (TPSA) is 0 Å². The molecule has 2 atom stereocenters. The molecule has 0 spiro atoms. The zero-order chi connectivity index (χ0) is 34.9. The van der Waals surface area contributed by atoms with Crippen LogP contribution in [-0.2, 0) is 23.2 Å². The molecule has 0 saturated carbocycles. The zero-order valence-electron chi connectivity index (χ0n) is 30.8. The number of fused-ring (bicyclic) bond motifs is 12. The molecule has 0 saturated heterocycles. The van der Waals surface area contributed by atoms with Crippen molar-refractivity contribution in [3.63, 3.8) is 0 Å². The maximum Gasteiger partial charge on any atom is -1.00 e. The zero-order valence-corrected chi connectivity index (χ0v) is 35.7. The monoisotopic (exact) mass is 826 g/mol. The Morgan fingerprint density at radius 3 is 1.19 bits per heavy atom. The van der Waals surface area contributed by atoms with E-state index in [9.17, 15) is 0 Å². The normalized spacial score (nSPS) is 17.7. The standard InChI is InChI=1S/C50H38Si.2ClH.Zr/c1-31-23-41-15-9-17-45(39-21-19-37-25-33-11-5-7-13-35(33)27-43(37)29-39)47(41)49(31)51(3,4)50-32(2)24-42-16-10-18-46(48(42)50)40-22-20-38-26-34-12-6-8-14-36(34)28-44(38)30-40;;;/h5-30H,1-4H3;2*1H;/q;;;+2/p-2. The van der Waals surface area contributed by atoms with Gasteiger partial charge in [-0.2, -0.15) is 0 Å². The fraction of sp³-hybridized carbons (Fsp3) is 0.120. The molecule has 0 fully saturated rings. The number of hydrogen-bond donors (Lipinski definition) is 0. The first-order valence-electron chi connectivity index (χ1n) is 18.7. The SMILES string of the molecule is CC1=C2c3c(-c4ccc5cc6ccccc6cc5c4)cccc3[CH]1[Zr+2][CH]1C(C)=C(c3c(-c4ccc5cc6ccccc6cc5c4)cccc31)[Si]2(C)C.[Cl-].[Cl-]. The van der Waals surface area contributed by atoms with E-state index in [0.29, 0.717) is 7.25 Å². The molecule has 4 bridgehead atoms. The Labute approximate surface area is 342 Å². The van der Waals surface area contributed by atoms with E-state index in [4.69, 9.17) is 0 Å². The fourth-order valence-corrected chi connectivity index (χ4v) is 20.2. The van der Waals surface area contributed by atoms with E-state index < -0.39 is 31.3 Å². The van der Waals surface area contributed by atoms with Gasteiger partial charge in [-0.15, -0.1) is 0 Å². The van der Waals surface area contributed by atoms with Gasteiger partial charge in [-0.05, 0) is 0 Å². The maximum atomic E-state index is 2.67. The average Bonchev–Trinajstić information content (AvgIpc) is 3.64. The molecule has 2 aliphatic carbocycles. The van der Waals surface area contributed by atoms with E-state index in [-0.39, 0.29) is 24.8 Å². The van der Waals surface area contributed by atoms with Gasteiger partial charge in [-0.25, -0.2) is 0 Å². The van der Waals surface area contributed by atoms with Crippen LogP contribution in [0.25, 0.3) is 75.7 Å². The molecular formula is C50H38Cl2SiZr. The predicted octanol–water partition coefficient (Wildman–Crippen LogP) is 7.88. The van der Waals surface area contributed by atoms with E-state index in [1.807, 2.05) is 0 Å². The van der Waals surface area contributed by atoms with Gasteiger partial charge in [0, 0.05) is 0 Å². The molecule has 0 radical (unpaired) electrons. The van der Waals surface area contributed by atoms with Crippen molar-refractivity contribution >= 4 is 61.6 Å². The van der Waals surface area contributed by atoms with E-state index in [1.165, 1.54) is 65.3 Å². The van der Waals surface area contributed by atoms with Crippen molar-refractivity contribution in [2.24, 2.45) is 0 Å².